The van der Waals surface area contributed by atoms with Gasteiger partial charge in [-0.05, 0) is 42.8 Å². The van der Waals surface area contributed by atoms with Crippen LogP contribution >= 0.6 is 0 Å². The summed E-state index contributed by atoms with van der Waals surface area (Å²) in [5.74, 6) is 0.294. The lowest BCUT2D eigenvalue weighted by Gasteiger charge is -2.28. The van der Waals surface area contributed by atoms with Crippen molar-refractivity contribution in [1.29, 1.82) is 0 Å². The number of carbonyl (C=O) groups is 1. The van der Waals surface area contributed by atoms with Crippen molar-refractivity contribution in [3.8, 4) is 0 Å². The van der Waals surface area contributed by atoms with Gasteiger partial charge in [-0.15, -0.1) is 0 Å². The maximum absolute atomic E-state index is 12.0. The van der Waals surface area contributed by atoms with Gasteiger partial charge in [0.25, 0.3) is 0 Å². The van der Waals surface area contributed by atoms with Crippen molar-refractivity contribution >= 4 is 17.7 Å². The summed E-state index contributed by atoms with van der Waals surface area (Å²) in [7, 11) is 0. The van der Waals surface area contributed by atoms with Crippen LogP contribution in [0.4, 0.5) is 5.69 Å². The Hall–Kier alpha value is -2.53. The lowest BCUT2D eigenvalue weighted by Crippen LogP contribution is -2.36. The number of benzene rings is 1. The molecule has 1 saturated heterocycles. The number of ether oxygens (including phenoxy) is 2. The first kappa shape index (κ1) is 16.3. The Morgan fingerprint density at radius 2 is 1.96 bits per heavy atom. The van der Waals surface area contributed by atoms with E-state index in [9.17, 15) is 4.79 Å². The zero-order valence-corrected chi connectivity index (χ0v) is 13.7. The van der Waals surface area contributed by atoms with Crippen LogP contribution in [0.3, 0.4) is 0 Å². The number of hydrogen-bond acceptors (Lipinski definition) is 5. The van der Waals surface area contributed by atoms with Gasteiger partial charge in [0.2, 0.25) is 0 Å². The molecular weight excluding hydrogens is 306 g/mol. The van der Waals surface area contributed by atoms with Crippen molar-refractivity contribution in [2.24, 2.45) is 0 Å². The Morgan fingerprint density at radius 1 is 1.21 bits per heavy atom. The second-order valence-electron chi connectivity index (χ2n) is 5.68. The predicted molar refractivity (Wildman–Crippen MR) is 91.6 cm³/mol. The third-order valence-electron chi connectivity index (χ3n) is 3.91. The minimum absolute atomic E-state index is 0.256. The molecule has 5 nitrogen and oxygen atoms in total. The van der Waals surface area contributed by atoms with Gasteiger partial charge in [-0.25, -0.2) is 4.79 Å². The van der Waals surface area contributed by atoms with Gasteiger partial charge in [0.1, 0.15) is 12.4 Å². The van der Waals surface area contributed by atoms with Crippen LogP contribution in [0.5, 0.6) is 0 Å². The summed E-state index contributed by atoms with van der Waals surface area (Å²) in [6.07, 6.45) is 3.24. The summed E-state index contributed by atoms with van der Waals surface area (Å²) in [6.45, 7) is 5.31. The van der Waals surface area contributed by atoms with E-state index in [2.05, 4.69) is 17.0 Å². The minimum atomic E-state index is -0.344. The van der Waals surface area contributed by atoms with Crippen LogP contribution in [0.25, 0.3) is 6.08 Å². The van der Waals surface area contributed by atoms with Crippen molar-refractivity contribution in [3.05, 3.63) is 59.6 Å². The first-order valence-corrected chi connectivity index (χ1v) is 8.03. The first-order chi connectivity index (χ1) is 11.7. The second-order valence-corrected chi connectivity index (χ2v) is 5.68. The van der Waals surface area contributed by atoms with E-state index in [0.29, 0.717) is 11.3 Å². The van der Waals surface area contributed by atoms with Crippen LogP contribution in [0, 0.1) is 0 Å². The van der Waals surface area contributed by atoms with E-state index < -0.39 is 0 Å². The highest BCUT2D eigenvalue weighted by Gasteiger charge is 2.11. The van der Waals surface area contributed by atoms with E-state index in [4.69, 9.17) is 13.9 Å². The monoisotopic (exact) mass is 327 g/mol. The normalized spacial score (nSPS) is 15.4. The molecule has 0 spiro atoms. The van der Waals surface area contributed by atoms with Crippen molar-refractivity contribution in [2.45, 2.75) is 13.5 Å². The average molecular weight is 327 g/mol. The molecule has 0 radical (unpaired) electrons. The lowest BCUT2D eigenvalue weighted by atomic mass is 10.2. The number of hydrogen-bond donors (Lipinski definition) is 0. The molecule has 3 rings (SSSR count). The number of anilines is 1. The SMILES string of the molecule is C/C(=C\c1ccco1)C(=O)OCc1ccc(N2CCOCC2)cc1. The lowest BCUT2D eigenvalue weighted by molar-refractivity contribution is -0.140. The third-order valence-corrected chi connectivity index (χ3v) is 3.91. The van der Waals surface area contributed by atoms with E-state index in [0.717, 1.165) is 31.9 Å². The highest BCUT2D eigenvalue weighted by Crippen LogP contribution is 2.17. The third kappa shape index (κ3) is 4.26. The molecule has 2 heterocycles. The van der Waals surface area contributed by atoms with Gasteiger partial charge in [-0.3, -0.25) is 0 Å². The molecular formula is C19H21NO4. The standard InChI is InChI=1S/C19H21NO4/c1-15(13-18-3-2-10-23-18)19(21)24-14-16-4-6-17(7-5-16)20-8-11-22-12-9-20/h2-7,10,13H,8-9,11-12,14H2,1H3/b15-13+. The predicted octanol–water partition coefficient (Wildman–Crippen LogP) is 3.26. The van der Waals surface area contributed by atoms with Gasteiger partial charge in [-0.1, -0.05) is 12.1 Å². The Kier molecular flexibility index (Phi) is 5.33. The maximum atomic E-state index is 12.0. The molecule has 0 amide bonds. The molecule has 0 saturated carbocycles. The Morgan fingerprint density at radius 3 is 2.62 bits per heavy atom. The molecule has 1 aliphatic heterocycles. The first-order valence-electron chi connectivity index (χ1n) is 8.03. The number of esters is 1. The Balaban J connectivity index is 1.53. The molecule has 2 aromatic rings. The van der Waals surface area contributed by atoms with Crippen LogP contribution in [0.2, 0.25) is 0 Å². The zero-order valence-electron chi connectivity index (χ0n) is 13.7. The fraction of sp³-hybridized carbons (Fsp3) is 0.316. The largest absolute Gasteiger partial charge is 0.465 e. The maximum Gasteiger partial charge on any atom is 0.334 e. The van der Waals surface area contributed by atoms with Gasteiger partial charge < -0.3 is 18.8 Å². The van der Waals surface area contributed by atoms with Crippen molar-refractivity contribution < 1.29 is 18.7 Å². The fourth-order valence-electron chi connectivity index (χ4n) is 2.53. The number of carbonyl (C=O) groups excluding carboxylic acids is 1. The molecule has 1 aliphatic rings. The summed E-state index contributed by atoms with van der Waals surface area (Å²) in [4.78, 5) is 14.3. The van der Waals surface area contributed by atoms with Gasteiger partial charge in [0.05, 0.1) is 19.5 Å². The summed E-state index contributed by atoms with van der Waals surface area (Å²) >= 11 is 0. The molecule has 0 aliphatic carbocycles. The van der Waals surface area contributed by atoms with Crippen LogP contribution in [0.1, 0.15) is 18.2 Å². The van der Waals surface area contributed by atoms with Gasteiger partial charge in [0, 0.05) is 24.4 Å². The molecule has 0 bridgehead atoms. The fourth-order valence-corrected chi connectivity index (χ4v) is 2.53. The van der Waals surface area contributed by atoms with Gasteiger partial charge >= 0.3 is 5.97 Å². The van der Waals surface area contributed by atoms with Crippen molar-refractivity contribution in [3.63, 3.8) is 0 Å². The number of nitrogens with zero attached hydrogens (tertiary/aromatic N) is 1. The summed E-state index contributed by atoms with van der Waals surface area (Å²) in [6, 6.07) is 11.7. The Labute approximate surface area is 141 Å². The summed E-state index contributed by atoms with van der Waals surface area (Å²) < 4.78 is 15.9. The molecule has 24 heavy (non-hydrogen) atoms. The average Bonchev–Trinajstić information content (AvgIpc) is 3.14. The molecule has 0 atom stereocenters. The molecule has 1 aromatic heterocycles. The molecule has 1 aromatic carbocycles. The van der Waals surface area contributed by atoms with Crippen LogP contribution in [-0.2, 0) is 20.9 Å². The highest BCUT2D eigenvalue weighted by molar-refractivity contribution is 5.92. The van der Waals surface area contributed by atoms with Gasteiger partial charge in [-0.2, -0.15) is 0 Å². The molecule has 0 N–H and O–H groups in total. The van der Waals surface area contributed by atoms with E-state index in [1.807, 2.05) is 12.1 Å². The van der Waals surface area contributed by atoms with E-state index in [1.165, 1.54) is 5.69 Å². The van der Waals surface area contributed by atoms with Crippen LogP contribution in [0.15, 0.2) is 52.7 Å². The van der Waals surface area contributed by atoms with Crippen LogP contribution < -0.4 is 4.90 Å². The summed E-state index contributed by atoms with van der Waals surface area (Å²) in [5, 5.41) is 0. The topological polar surface area (TPSA) is 51.9 Å². The quantitative estimate of drug-likeness (QED) is 0.623. The number of furan rings is 1. The van der Waals surface area contributed by atoms with Gasteiger partial charge in [0.15, 0.2) is 0 Å². The van der Waals surface area contributed by atoms with Crippen molar-refractivity contribution in [1.82, 2.24) is 0 Å². The minimum Gasteiger partial charge on any atom is -0.465 e. The van der Waals surface area contributed by atoms with E-state index in [-0.39, 0.29) is 12.6 Å². The molecule has 126 valence electrons. The number of morpholine rings is 1. The van der Waals surface area contributed by atoms with Crippen molar-refractivity contribution in [2.75, 3.05) is 31.2 Å². The van der Waals surface area contributed by atoms with E-state index in [1.54, 1.807) is 31.4 Å². The second kappa shape index (κ2) is 7.84. The Bertz CT molecular complexity index is 683. The van der Waals surface area contributed by atoms with E-state index >= 15 is 0 Å². The molecule has 5 heteroatoms. The molecule has 0 unspecified atom stereocenters. The highest BCUT2D eigenvalue weighted by atomic mass is 16.5. The summed E-state index contributed by atoms with van der Waals surface area (Å²) in [5.41, 5.74) is 2.64. The molecule has 1 fully saturated rings. The zero-order chi connectivity index (χ0) is 16.8. The van der Waals surface area contributed by atoms with Crippen LogP contribution in [-0.4, -0.2) is 32.3 Å². The number of rotatable bonds is 5. The smallest absolute Gasteiger partial charge is 0.334 e.